The van der Waals surface area contributed by atoms with Crippen LogP contribution in [0.15, 0.2) is 36.5 Å². The molecule has 3 aromatic rings. The van der Waals surface area contributed by atoms with Gasteiger partial charge in [-0.15, -0.1) is 0 Å². The molecule has 1 aromatic carbocycles. The first-order valence-electron chi connectivity index (χ1n) is 7.08. The maximum atomic E-state index is 13.8. The summed E-state index contributed by atoms with van der Waals surface area (Å²) in [6.45, 7) is 3.77. The van der Waals surface area contributed by atoms with Crippen molar-refractivity contribution in [2.24, 2.45) is 0 Å². The summed E-state index contributed by atoms with van der Waals surface area (Å²) < 4.78 is 15.6. The van der Waals surface area contributed by atoms with Crippen molar-refractivity contribution in [1.29, 1.82) is 0 Å². The molecule has 1 N–H and O–H groups in total. The Kier molecular flexibility index (Phi) is 4.08. The van der Waals surface area contributed by atoms with Gasteiger partial charge in [0, 0.05) is 17.1 Å². The highest BCUT2D eigenvalue weighted by Gasteiger charge is 2.19. The number of hydrogen-bond acceptors (Lipinski definition) is 2. The van der Waals surface area contributed by atoms with Crippen LogP contribution >= 0.6 is 23.2 Å². The first-order valence-corrected chi connectivity index (χ1v) is 7.83. The lowest BCUT2D eigenvalue weighted by Crippen LogP contribution is -2.25. The van der Waals surface area contributed by atoms with Crippen LogP contribution in [0.5, 0.6) is 0 Å². The topological polar surface area (TPSA) is 38.0 Å². The highest BCUT2D eigenvalue weighted by Crippen LogP contribution is 2.33. The Bertz CT molecular complexity index is 884. The van der Waals surface area contributed by atoms with Crippen molar-refractivity contribution in [2.45, 2.75) is 26.0 Å². The van der Waals surface area contributed by atoms with Crippen molar-refractivity contribution in [3.05, 3.63) is 52.5 Å². The third-order valence-corrected chi connectivity index (χ3v) is 3.99. The molecular formula is C17H15Cl2FN2O. The highest BCUT2D eigenvalue weighted by molar-refractivity contribution is 6.31. The van der Waals surface area contributed by atoms with Gasteiger partial charge in [0.25, 0.3) is 0 Å². The van der Waals surface area contributed by atoms with Gasteiger partial charge < -0.3 is 9.67 Å². The van der Waals surface area contributed by atoms with Crippen LogP contribution < -0.4 is 0 Å². The SMILES string of the molecule is CC(C)(O)Cn1cc(-c2ccc(Cl)c(F)c2)c2ccc(Cl)nc21. The fourth-order valence-electron chi connectivity index (χ4n) is 2.57. The number of pyridine rings is 1. The lowest BCUT2D eigenvalue weighted by atomic mass is 10.1. The van der Waals surface area contributed by atoms with Gasteiger partial charge in [-0.1, -0.05) is 29.3 Å². The third-order valence-electron chi connectivity index (χ3n) is 3.48. The van der Waals surface area contributed by atoms with Crippen molar-refractivity contribution in [1.82, 2.24) is 9.55 Å². The van der Waals surface area contributed by atoms with Crippen LogP contribution in [0.2, 0.25) is 10.2 Å². The molecule has 23 heavy (non-hydrogen) atoms. The number of nitrogens with zero attached hydrogens (tertiary/aromatic N) is 2. The zero-order valence-corrected chi connectivity index (χ0v) is 14.2. The summed E-state index contributed by atoms with van der Waals surface area (Å²) in [6, 6.07) is 8.19. The van der Waals surface area contributed by atoms with Gasteiger partial charge in [-0.05, 0) is 43.7 Å². The predicted molar refractivity (Wildman–Crippen MR) is 91.4 cm³/mol. The molecule has 6 heteroatoms. The Balaban J connectivity index is 2.22. The average molecular weight is 353 g/mol. The van der Waals surface area contributed by atoms with E-state index in [9.17, 15) is 9.50 Å². The molecule has 0 atom stereocenters. The standard InChI is InChI=1S/C17H15Cl2FN2O/c1-17(2,23)9-22-8-12(10-3-5-13(18)14(20)7-10)11-4-6-15(19)21-16(11)22/h3-8,23H,9H2,1-2H3. The Morgan fingerprint density at radius 1 is 1.22 bits per heavy atom. The Labute approximate surface area is 143 Å². The zero-order valence-electron chi connectivity index (χ0n) is 12.6. The van der Waals surface area contributed by atoms with Gasteiger partial charge in [0.1, 0.15) is 16.6 Å². The Morgan fingerprint density at radius 3 is 2.61 bits per heavy atom. The van der Waals surface area contributed by atoms with Crippen LogP contribution in [0, 0.1) is 5.82 Å². The number of aliphatic hydroxyl groups is 1. The van der Waals surface area contributed by atoms with Gasteiger partial charge in [0.05, 0.1) is 17.2 Å². The summed E-state index contributed by atoms with van der Waals surface area (Å²) in [5, 5.41) is 11.4. The maximum absolute atomic E-state index is 13.8. The lowest BCUT2D eigenvalue weighted by molar-refractivity contribution is 0.0627. The van der Waals surface area contributed by atoms with Crippen molar-refractivity contribution < 1.29 is 9.50 Å². The van der Waals surface area contributed by atoms with E-state index in [1.165, 1.54) is 12.1 Å². The van der Waals surface area contributed by atoms with E-state index in [1.54, 1.807) is 26.0 Å². The fourth-order valence-corrected chi connectivity index (χ4v) is 2.83. The third kappa shape index (κ3) is 3.34. The minimum absolute atomic E-state index is 0.0788. The summed E-state index contributed by atoms with van der Waals surface area (Å²) in [5.41, 5.74) is 1.22. The molecule has 0 aliphatic carbocycles. The zero-order chi connectivity index (χ0) is 16.8. The number of hydrogen-bond donors (Lipinski definition) is 1. The molecule has 0 amide bonds. The van der Waals surface area contributed by atoms with Crippen LogP contribution in [0.25, 0.3) is 22.2 Å². The van der Waals surface area contributed by atoms with Crippen LogP contribution in [-0.4, -0.2) is 20.3 Å². The van der Waals surface area contributed by atoms with E-state index in [4.69, 9.17) is 23.2 Å². The molecule has 0 bridgehead atoms. The van der Waals surface area contributed by atoms with Gasteiger partial charge >= 0.3 is 0 Å². The summed E-state index contributed by atoms with van der Waals surface area (Å²) >= 11 is 11.8. The largest absolute Gasteiger partial charge is 0.389 e. The summed E-state index contributed by atoms with van der Waals surface area (Å²) in [4.78, 5) is 4.34. The first kappa shape index (κ1) is 16.2. The van der Waals surface area contributed by atoms with E-state index in [-0.39, 0.29) is 5.02 Å². The molecule has 0 saturated carbocycles. The summed E-state index contributed by atoms with van der Waals surface area (Å²) in [6.07, 6.45) is 1.84. The Hall–Kier alpha value is -1.62. The van der Waals surface area contributed by atoms with Crippen LogP contribution in [0.1, 0.15) is 13.8 Å². The number of rotatable bonds is 3. The molecule has 2 aromatic heterocycles. The number of halogens is 3. The fraction of sp³-hybridized carbons (Fsp3) is 0.235. The molecule has 2 heterocycles. The molecule has 0 fully saturated rings. The minimum atomic E-state index is -0.918. The molecule has 0 spiro atoms. The second-order valence-electron chi connectivity index (χ2n) is 6.12. The maximum Gasteiger partial charge on any atom is 0.142 e. The van der Waals surface area contributed by atoms with Gasteiger partial charge in [0.15, 0.2) is 0 Å². The molecule has 0 aliphatic rings. The number of benzene rings is 1. The second-order valence-corrected chi connectivity index (χ2v) is 6.91. The minimum Gasteiger partial charge on any atom is -0.389 e. The van der Waals surface area contributed by atoms with Gasteiger partial charge in [-0.3, -0.25) is 0 Å². The molecule has 0 unspecified atom stereocenters. The van der Waals surface area contributed by atoms with Crippen LogP contribution in [0.4, 0.5) is 4.39 Å². The molecular weight excluding hydrogens is 338 g/mol. The number of aromatic nitrogens is 2. The van der Waals surface area contributed by atoms with E-state index in [0.717, 1.165) is 10.9 Å². The molecule has 0 aliphatic heterocycles. The van der Waals surface area contributed by atoms with E-state index in [0.29, 0.717) is 22.9 Å². The van der Waals surface area contributed by atoms with Crippen molar-refractivity contribution in [3.63, 3.8) is 0 Å². The molecule has 3 nitrogen and oxygen atoms in total. The second kappa shape index (κ2) is 5.78. The quantitative estimate of drug-likeness (QED) is 0.679. The van der Waals surface area contributed by atoms with Gasteiger partial charge in [-0.2, -0.15) is 0 Å². The van der Waals surface area contributed by atoms with Gasteiger partial charge in [-0.25, -0.2) is 9.37 Å². The van der Waals surface area contributed by atoms with Crippen molar-refractivity contribution in [3.8, 4) is 11.1 Å². The van der Waals surface area contributed by atoms with Gasteiger partial charge in [0.2, 0.25) is 0 Å². The van der Waals surface area contributed by atoms with Crippen molar-refractivity contribution in [2.75, 3.05) is 0 Å². The first-order chi connectivity index (χ1) is 10.7. The smallest absolute Gasteiger partial charge is 0.142 e. The van der Waals surface area contributed by atoms with E-state index in [1.807, 2.05) is 16.8 Å². The number of fused-ring (bicyclic) bond motifs is 1. The summed E-state index contributed by atoms with van der Waals surface area (Å²) in [5.74, 6) is -0.477. The molecule has 0 radical (unpaired) electrons. The van der Waals surface area contributed by atoms with E-state index < -0.39 is 11.4 Å². The molecule has 3 rings (SSSR count). The lowest BCUT2D eigenvalue weighted by Gasteiger charge is -2.18. The van der Waals surface area contributed by atoms with E-state index in [2.05, 4.69) is 4.98 Å². The van der Waals surface area contributed by atoms with Crippen LogP contribution in [-0.2, 0) is 6.54 Å². The average Bonchev–Trinajstić information content (AvgIpc) is 2.78. The summed E-state index contributed by atoms with van der Waals surface area (Å²) in [7, 11) is 0. The highest BCUT2D eigenvalue weighted by atomic mass is 35.5. The monoisotopic (exact) mass is 352 g/mol. The molecule has 0 saturated heterocycles. The predicted octanol–water partition coefficient (Wildman–Crippen LogP) is 4.92. The normalized spacial score (nSPS) is 12.1. The van der Waals surface area contributed by atoms with Crippen molar-refractivity contribution >= 4 is 34.2 Å². The Morgan fingerprint density at radius 2 is 1.96 bits per heavy atom. The van der Waals surface area contributed by atoms with E-state index >= 15 is 0 Å². The molecule has 120 valence electrons. The van der Waals surface area contributed by atoms with Crippen LogP contribution in [0.3, 0.4) is 0 Å².